The van der Waals surface area contributed by atoms with Crippen molar-refractivity contribution < 1.29 is 4.79 Å². The van der Waals surface area contributed by atoms with Crippen LogP contribution in [0.4, 0.5) is 5.69 Å². The Kier molecular flexibility index (Phi) is 4.67. The summed E-state index contributed by atoms with van der Waals surface area (Å²) in [5, 5.41) is 5.43. The van der Waals surface area contributed by atoms with Crippen LogP contribution in [0, 0.1) is 0 Å². The molecule has 1 aromatic heterocycles. The summed E-state index contributed by atoms with van der Waals surface area (Å²) >= 11 is 1.55. The topological polar surface area (TPSA) is 34.0 Å². The van der Waals surface area contributed by atoms with Gasteiger partial charge in [-0.3, -0.25) is 4.79 Å². The molecule has 26 heavy (non-hydrogen) atoms. The predicted octanol–water partition coefficient (Wildman–Crippen LogP) is 5.55. The van der Waals surface area contributed by atoms with Crippen LogP contribution < -0.4 is 5.32 Å². The molecule has 0 atom stereocenters. The second-order valence-electron chi connectivity index (χ2n) is 6.14. The Hall–Kier alpha value is -2.72. The summed E-state index contributed by atoms with van der Waals surface area (Å²) in [4.78, 5) is 13.4. The summed E-state index contributed by atoms with van der Waals surface area (Å²) in [5.41, 5.74) is 3.27. The van der Waals surface area contributed by atoms with Crippen molar-refractivity contribution in [2.45, 2.75) is 18.4 Å². The first kappa shape index (κ1) is 16.7. The minimum Gasteiger partial charge on any atom is -0.341 e. The number of carbonyl (C=O) groups excluding carboxylic acids is 1. The number of hydrogen-bond acceptors (Lipinski definition) is 2. The van der Waals surface area contributed by atoms with E-state index in [0.717, 1.165) is 17.1 Å². The van der Waals surface area contributed by atoms with Crippen LogP contribution in [0.5, 0.6) is 0 Å². The first-order chi connectivity index (χ1) is 12.8. The summed E-state index contributed by atoms with van der Waals surface area (Å²) in [5.74, 6) is 0.413. The quantitative estimate of drug-likeness (QED) is 0.474. The van der Waals surface area contributed by atoms with E-state index in [1.807, 2.05) is 36.4 Å². The first-order valence-corrected chi connectivity index (χ1v) is 9.73. The molecule has 0 aliphatic carbocycles. The van der Waals surface area contributed by atoms with E-state index < -0.39 is 0 Å². The molecule has 130 valence electrons. The Morgan fingerprint density at radius 2 is 1.65 bits per heavy atom. The molecule has 3 nitrogen and oxygen atoms in total. The molecular formula is C22H20N2OS. The number of thioether (sulfide) groups is 1. The van der Waals surface area contributed by atoms with Crippen LogP contribution in [-0.4, -0.2) is 16.2 Å². The molecule has 4 rings (SSSR count). The number of hydrogen-bond donors (Lipinski definition) is 1. The van der Waals surface area contributed by atoms with Gasteiger partial charge in [-0.05, 0) is 43.3 Å². The maximum absolute atomic E-state index is 12.3. The highest BCUT2D eigenvalue weighted by Gasteiger charge is 2.11. The summed E-state index contributed by atoms with van der Waals surface area (Å²) in [6.45, 7) is 3.08. The number of aromatic nitrogens is 1. The van der Waals surface area contributed by atoms with E-state index >= 15 is 0 Å². The number of nitrogens with one attached hydrogen (secondary N) is 1. The van der Waals surface area contributed by atoms with Gasteiger partial charge >= 0.3 is 0 Å². The highest BCUT2D eigenvalue weighted by Crippen LogP contribution is 2.31. The first-order valence-electron chi connectivity index (χ1n) is 8.75. The van der Waals surface area contributed by atoms with Gasteiger partial charge in [-0.25, -0.2) is 0 Å². The number of aryl methyl sites for hydroxylation is 1. The van der Waals surface area contributed by atoms with Gasteiger partial charge in [0, 0.05) is 38.9 Å². The molecule has 0 spiro atoms. The van der Waals surface area contributed by atoms with Gasteiger partial charge in [0.1, 0.15) is 0 Å². The Morgan fingerprint density at radius 3 is 2.46 bits per heavy atom. The smallest absolute Gasteiger partial charge is 0.234 e. The van der Waals surface area contributed by atoms with Crippen molar-refractivity contribution >= 4 is 45.2 Å². The molecule has 4 aromatic rings. The Labute approximate surface area is 157 Å². The Morgan fingerprint density at radius 1 is 0.923 bits per heavy atom. The van der Waals surface area contributed by atoms with Crippen molar-refractivity contribution in [2.24, 2.45) is 0 Å². The van der Waals surface area contributed by atoms with Crippen LogP contribution >= 0.6 is 11.8 Å². The van der Waals surface area contributed by atoms with Crippen molar-refractivity contribution in [3.8, 4) is 0 Å². The van der Waals surface area contributed by atoms with Gasteiger partial charge in [-0.1, -0.05) is 36.4 Å². The number of carbonyl (C=O) groups is 1. The SMILES string of the molecule is CCn1c2ccccc2c2cc(NC(=O)CSc3ccccc3)ccc21. The number of amides is 1. The summed E-state index contributed by atoms with van der Waals surface area (Å²) in [6, 6.07) is 24.6. The lowest BCUT2D eigenvalue weighted by Gasteiger charge is -2.07. The Bertz CT molecular complexity index is 1070. The van der Waals surface area contributed by atoms with E-state index in [0.29, 0.717) is 5.75 Å². The van der Waals surface area contributed by atoms with Crippen LogP contribution in [0.1, 0.15) is 6.92 Å². The van der Waals surface area contributed by atoms with Crippen LogP contribution in [0.3, 0.4) is 0 Å². The number of nitrogens with zero attached hydrogens (tertiary/aromatic N) is 1. The van der Waals surface area contributed by atoms with E-state index in [4.69, 9.17) is 0 Å². The summed E-state index contributed by atoms with van der Waals surface area (Å²) in [6.07, 6.45) is 0. The van der Waals surface area contributed by atoms with Gasteiger partial charge < -0.3 is 9.88 Å². The minimum atomic E-state index is 0.0115. The van der Waals surface area contributed by atoms with Gasteiger partial charge in [0.05, 0.1) is 5.75 Å². The molecule has 1 heterocycles. The summed E-state index contributed by atoms with van der Waals surface area (Å²) in [7, 11) is 0. The van der Waals surface area contributed by atoms with Crippen molar-refractivity contribution in [1.29, 1.82) is 0 Å². The van der Waals surface area contributed by atoms with Crippen LogP contribution in [0.15, 0.2) is 77.7 Å². The van der Waals surface area contributed by atoms with Crippen molar-refractivity contribution in [3.63, 3.8) is 0 Å². The average Bonchev–Trinajstić information content (AvgIpc) is 3.00. The number of fused-ring (bicyclic) bond motifs is 3. The van der Waals surface area contributed by atoms with Gasteiger partial charge in [0.25, 0.3) is 0 Å². The fraction of sp³-hybridized carbons (Fsp3) is 0.136. The molecule has 1 N–H and O–H groups in total. The lowest BCUT2D eigenvalue weighted by molar-refractivity contribution is -0.113. The molecule has 1 amide bonds. The number of benzene rings is 3. The molecule has 0 radical (unpaired) electrons. The van der Waals surface area contributed by atoms with E-state index in [1.54, 1.807) is 11.8 Å². The predicted molar refractivity (Wildman–Crippen MR) is 111 cm³/mol. The lowest BCUT2D eigenvalue weighted by atomic mass is 10.1. The standard InChI is InChI=1S/C22H20N2OS/c1-2-24-20-11-7-6-10-18(20)19-14-16(12-13-21(19)24)23-22(25)15-26-17-8-4-3-5-9-17/h3-14H,2,15H2,1H3,(H,23,25). The monoisotopic (exact) mass is 360 g/mol. The zero-order valence-electron chi connectivity index (χ0n) is 14.6. The fourth-order valence-electron chi connectivity index (χ4n) is 3.33. The van der Waals surface area contributed by atoms with E-state index in [-0.39, 0.29) is 5.91 Å². The average molecular weight is 360 g/mol. The number of para-hydroxylation sites is 1. The molecular weight excluding hydrogens is 340 g/mol. The zero-order valence-corrected chi connectivity index (χ0v) is 15.4. The third kappa shape index (κ3) is 3.20. The highest BCUT2D eigenvalue weighted by molar-refractivity contribution is 8.00. The molecule has 0 saturated carbocycles. The maximum Gasteiger partial charge on any atom is 0.234 e. The molecule has 0 unspecified atom stereocenters. The molecule has 0 bridgehead atoms. The molecule has 0 fully saturated rings. The van der Waals surface area contributed by atoms with Gasteiger partial charge in [-0.15, -0.1) is 11.8 Å². The lowest BCUT2D eigenvalue weighted by Crippen LogP contribution is -2.13. The molecule has 0 aliphatic rings. The zero-order chi connectivity index (χ0) is 17.9. The van der Waals surface area contributed by atoms with Crippen LogP contribution in [0.25, 0.3) is 21.8 Å². The maximum atomic E-state index is 12.3. The van der Waals surface area contributed by atoms with Gasteiger partial charge in [0.15, 0.2) is 0 Å². The van der Waals surface area contributed by atoms with E-state index in [2.05, 4.69) is 53.2 Å². The van der Waals surface area contributed by atoms with Crippen LogP contribution in [0.2, 0.25) is 0 Å². The van der Waals surface area contributed by atoms with Crippen molar-refractivity contribution in [3.05, 3.63) is 72.8 Å². The highest BCUT2D eigenvalue weighted by atomic mass is 32.2. The molecule has 0 aliphatic heterocycles. The molecule has 0 saturated heterocycles. The minimum absolute atomic E-state index is 0.0115. The van der Waals surface area contributed by atoms with Crippen molar-refractivity contribution in [1.82, 2.24) is 4.57 Å². The van der Waals surface area contributed by atoms with Crippen LogP contribution in [-0.2, 0) is 11.3 Å². The van der Waals surface area contributed by atoms with E-state index in [9.17, 15) is 4.79 Å². The van der Waals surface area contributed by atoms with Crippen molar-refractivity contribution in [2.75, 3.05) is 11.1 Å². The Balaban J connectivity index is 1.57. The number of rotatable bonds is 5. The second-order valence-corrected chi connectivity index (χ2v) is 7.19. The molecule has 4 heteroatoms. The third-order valence-electron chi connectivity index (χ3n) is 4.49. The second kappa shape index (κ2) is 7.26. The summed E-state index contributed by atoms with van der Waals surface area (Å²) < 4.78 is 2.31. The normalized spacial score (nSPS) is 11.1. The largest absolute Gasteiger partial charge is 0.341 e. The third-order valence-corrected chi connectivity index (χ3v) is 5.50. The fourth-order valence-corrected chi connectivity index (χ4v) is 4.05. The number of anilines is 1. The van der Waals surface area contributed by atoms with Gasteiger partial charge in [0.2, 0.25) is 5.91 Å². The van der Waals surface area contributed by atoms with E-state index in [1.165, 1.54) is 21.8 Å². The van der Waals surface area contributed by atoms with Gasteiger partial charge in [-0.2, -0.15) is 0 Å². The molecule has 3 aromatic carbocycles.